The number of benzene rings is 3. The van der Waals surface area contributed by atoms with Crippen LogP contribution >= 0.6 is 0 Å². The highest BCUT2D eigenvalue weighted by molar-refractivity contribution is 5.96. The van der Waals surface area contributed by atoms with Gasteiger partial charge in [0, 0.05) is 29.4 Å². The maximum atomic E-state index is 13.5. The van der Waals surface area contributed by atoms with Gasteiger partial charge in [-0.1, -0.05) is 90.5 Å². The molecule has 156 valence electrons. The summed E-state index contributed by atoms with van der Waals surface area (Å²) in [5, 5.41) is 15.3. The Morgan fingerprint density at radius 3 is 1.68 bits per heavy atom. The number of hydrogen-bond acceptors (Lipinski definition) is 3. The number of allylic oxidation sites excluding steroid dienone is 2. The molecule has 0 unspecified atom stereocenters. The second-order valence-corrected chi connectivity index (χ2v) is 7.98. The number of anilines is 1. The predicted octanol–water partition coefficient (Wildman–Crippen LogP) is 4.05. The van der Waals surface area contributed by atoms with Crippen molar-refractivity contribution in [1.29, 1.82) is 0 Å². The second kappa shape index (κ2) is 9.00. The molecule has 1 aliphatic carbocycles. The van der Waals surface area contributed by atoms with Gasteiger partial charge in [0.15, 0.2) is 0 Å². The van der Waals surface area contributed by atoms with Crippen molar-refractivity contribution in [3.05, 3.63) is 114 Å². The lowest BCUT2D eigenvalue weighted by Crippen LogP contribution is -2.47. The van der Waals surface area contributed by atoms with E-state index in [-0.39, 0.29) is 11.8 Å². The largest absolute Gasteiger partial charge is 0.550 e. The molecule has 0 saturated carbocycles. The Labute approximate surface area is 182 Å². The zero-order valence-corrected chi connectivity index (χ0v) is 17.3. The lowest BCUT2D eigenvalue weighted by molar-refractivity contribution is -0.313. The van der Waals surface area contributed by atoms with Gasteiger partial charge in [0.2, 0.25) is 5.91 Å². The van der Waals surface area contributed by atoms with Gasteiger partial charge in [-0.15, -0.1) is 0 Å². The Kier molecular flexibility index (Phi) is 5.99. The van der Waals surface area contributed by atoms with E-state index in [2.05, 4.69) is 5.32 Å². The van der Waals surface area contributed by atoms with Gasteiger partial charge in [0.05, 0.1) is 5.92 Å². The molecule has 0 spiro atoms. The van der Waals surface area contributed by atoms with Crippen LogP contribution in [-0.4, -0.2) is 11.9 Å². The Morgan fingerprint density at radius 1 is 0.710 bits per heavy atom. The van der Waals surface area contributed by atoms with Crippen LogP contribution in [0, 0.1) is 18.8 Å². The first kappa shape index (κ1) is 20.6. The molecule has 4 atom stereocenters. The summed E-state index contributed by atoms with van der Waals surface area (Å²) < 4.78 is 0. The fourth-order valence-corrected chi connectivity index (χ4v) is 4.39. The zero-order chi connectivity index (χ0) is 21.8. The minimum atomic E-state index is -1.22. The standard InChI is InChI=1S/C27H25NO3/c1-18-12-14-21(15-13-18)28-26(29)24-22(19-8-4-2-5-9-19)16-17-23(25(24)27(30)31)20-10-6-3-7-11-20/h2-17,22-25H,1H3,(H,28,29)(H,30,31)/p-1/t22-,23-,24+,25+/m1/s1. The van der Waals surface area contributed by atoms with Crippen LogP contribution in [0.2, 0.25) is 0 Å². The Morgan fingerprint density at radius 2 is 1.19 bits per heavy atom. The highest BCUT2D eigenvalue weighted by atomic mass is 16.4. The molecule has 1 amide bonds. The van der Waals surface area contributed by atoms with Crippen molar-refractivity contribution in [2.24, 2.45) is 11.8 Å². The van der Waals surface area contributed by atoms with Crippen molar-refractivity contribution in [1.82, 2.24) is 0 Å². The quantitative estimate of drug-likeness (QED) is 0.645. The van der Waals surface area contributed by atoms with E-state index in [4.69, 9.17) is 0 Å². The molecule has 4 heteroatoms. The summed E-state index contributed by atoms with van der Waals surface area (Å²) in [6, 6.07) is 26.4. The van der Waals surface area contributed by atoms with Crippen LogP contribution in [0.5, 0.6) is 0 Å². The molecule has 0 fully saturated rings. The summed E-state index contributed by atoms with van der Waals surface area (Å²) >= 11 is 0. The first-order chi connectivity index (χ1) is 15.0. The number of carboxylic acid groups (broad SMARTS) is 1. The number of amides is 1. The Hall–Kier alpha value is -3.66. The van der Waals surface area contributed by atoms with Gasteiger partial charge in [-0.2, -0.15) is 0 Å². The van der Waals surface area contributed by atoms with Gasteiger partial charge in [0.25, 0.3) is 0 Å². The number of rotatable bonds is 5. The number of aryl methyl sites for hydroxylation is 1. The molecule has 1 N–H and O–H groups in total. The van der Waals surface area contributed by atoms with E-state index in [9.17, 15) is 14.7 Å². The SMILES string of the molecule is Cc1ccc(NC(=O)[C@@H]2[C@@H](C(=O)[O-])[C@@H](c3ccccc3)C=C[C@@H]2c2ccccc2)cc1. The molecule has 0 aliphatic heterocycles. The molecule has 4 nitrogen and oxygen atoms in total. The number of hydrogen-bond donors (Lipinski definition) is 1. The molecule has 3 aromatic rings. The topological polar surface area (TPSA) is 69.2 Å². The fraction of sp³-hybridized carbons (Fsp3) is 0.185. The van der Waals surface area contributed by atoms with E-state index in [0.29, 0.717) is 5.69 Å². The van der Waals surface area contributed by atoms with Crippen molar-refractivity contribution < 1.29 is 14.7 Å². The lowest BCUT2D eigenvalue weighted by atomic mass is 9.66. The van der Waals surface area contributed by atoms with Crippen LogP contribution < -0.4 is 10.4 Å². The Balaban J connectivity index is 1.76. The minimum absolute atomic E-state index is 0.322. The third kappa shape index (κ3) is 4.43. The molecule has 0 bridgehead atoms. The van der Waals surface area contributed by atoms with Gasteiger partial charge in [-0.05, 0) is 30.2 Å². The Bertz CT molecular complexity index is 1070. The number of nitrogens with one attached hydrogen (secondary N) is 1. The van der Waals surface area contributed by atoms with E-state index < -0.39 is 23.7 Å². The third-order valence-electron chi connectivity index (χ3n) is 5.95. The molecular weight excluding hydrogens is 386 g/mol. The van der Waals surface area contributed by atoms with Crippen molar-refractivity contribution in [2.45, 2.75) is 18.8 Å². The molecule has 31 heavy (non-hydrogen) atoms. The lowest BCUT2D eigenvalue weighted by Gasteiger charge is -2.40. The van der Waals surface area contributed by atoms with E-state index >= 15 is 0 Å². The summed E-state index contributed by atoms with van der Waals surface area (Å²) in [4.78, 5) is 25.9. The monoisotopic (exact) mass is 410 g/mol. The van der Waals surface area contributed by atoms with Crippen molar-refractivity contribution >= 4 is 17.6 Å². The molecular formula is C27H24NO3-. The normalized spacial score (nSPS) is 22.6. The molecule has 0 saturated heterocycles. The van der Waals surface area contributed by atoms with Crippen LogP contribution in [0.4, 0.5) is 5.69 Å². The third-order valence-corrected chi connectivity index (χ3v) is 5.95. The van der Waals surface area contributed by atoms with Crippen LogP contribution in [0.25, 0.3) is 0 Å². The van der Waals surface area contributed by atoms with Crippen LogP contribution in [0.3, 0.4) is 0 Å². The van der Waals surface area contributed by atoms with E-state index in [1.165, 1.54) is 0 Å². The summed E-state index contributed by atoms with van der Waals surface area (Å²) in [6.45, 7) is 1.97. The zero-order valence-electron chi connectivity index (χ0n) is 17.3. The van der Waals surface area contributed by atoms with Gasteiger partial charge in [-0.3, -0.25) is 4.79 Å². The number of carbonyl (C=O) groups excluding carboxylic acids is 2. The van der Waals surface area contributed by atoms with Crippen LogP contribution in [0.1, 0.15) is 28.5 Å². The molecule has 1 aliphatic rings. The average molecular weight is 410 g/mol. The number of carbonyl (C=O) groups is 2. The highest BCUT2D eigenvalue weighted by Crippen LogP contribution is 2.44. The van der Waals surface area contributed by atoms with Gasteiger partial charge in [0.1, 0.15) is 0 Å². The predicted molar refractivity (Wildman–Crippen MR) is 119 cm³/mol. The molecule has 0 aromatic heterocycles. The highest BCUT2D eigenvalue weighted by Gasteiger charge is 2.42. The molecule has 0 radical (unpaired) electrons. The molecule has 0 heterocycles. The number of aliphatic carboxylic acids is 1. The van der Waals surface area contributed by atoms with Gasteiger partial charge >= 0.3 is 0 Å². The fourth-order valence-electron chi connectivity index (χ4n) is 4.39. The summed E-state index contributed by atoms with van der Waals surface area (Å²) in [5.74, 6) is -4.17. The van der Waals surface area contributed by atoms with Crippen molar-refractivity contribution in [2.75, 3.05) is 5.32 Å². The van der Waals surface area contributed by atoms with E-state index in [1.54, 1.807) is 0 Å². The first-order valence-corrected chi connectivity index (χ1v) is 10.4. The van der Waals surface area contributed by atoms with E-state index in [1.807, 2.05) is 104 Å². The maximum absolute atomic E-state index is 13.5. The average Bonchev–Trinajstić information content (AvgIpc) is 2.80. The van der Waals surface area contributed by atoms with Crippen LogP contribution in [-0.2, 0) is 9.59 Å². The smallest absolute Gasteiger partial charge is 0.229 e. The number of carboxylic acids is 1. The summed E-state index contributed by atoms with van der Waals surface area (Å²) in [6.07, 6.45) is 3.87. The van der Waals surface area contributed by atoms with Gasteiger partial charge < -0.3 is 15.2 Å². The van der Waals surface area contributed by atoms with Crippen molar-refractivity contribution in [3.8, 4) is 0 Å². The van der Waals surface area contributed by atoms with Crippen LogP contribution in [0.15, 0.2) is 97.1 Å². The summed E-state index contributed by atoms with van der Waals surface area (Å²) in [7, 11) is 0. The molecule has 3 aromatic carbocycles. The maximum Gasteiger partial charge on any atom is 0.229 e. The minimum Gasteiger partial charge on any atom is -0.550 e. The molecule has 4 rings (SSSR count). The van der Waals surface area contributed by atoms with Crippen molar-refractivity contribution in [3.63, 3.8) is 0 Å². The summed E-state index contributed by atoms with van der Waals surface area (Å²) in [5.41, 5.74) is 3.48. The van der Waals surface area contributed by atoms with Gasteiger partial charge in [-0.25, -0.2) is 0 Å². The van der Waals surface area contributed by atoms with E-state index in [0.717, 1.165) is 16.7 Å². The second-order valence-electron chi connectivity index (χ2n) is 7.98. The first-order valence-electron chi connectivity index (χ1n) is 10.4.